The number of unbranched alkanes of at least 4 members (excludes halogenated alkanes) is 1. The zero-order chi connectivity index (χ0) is 16.6. The predicted molar refractivity (Wildman–Crippen MR) is 86.3 cm³/mol. The van der Waals surface area contributed by atoms with Crippen LogP contribution in [0.4, 0.5) is 5.69 Å². The Morgan fingerprint density at radius 3 is 2.36 bits per heavy atom. The molecule has 0 radical (unpaired) electrons. The third kappa shape index (κ3) is 6.71. The van der Waals surface area contributed by atoms with Crippen LogP contribution in [0.25, 0.3) is 0 Å². The first-order valence-electron chi connectivity index (χ1n) is 7.13. The molecule has 22 heavy (non-hydrogen) atoms. The number of para-hydroxylation sites is 1. The molecule has 0 unspecified atom stereocenters. The van der Waals surface area contributed by atoms with E-state index in [1.165, 1.54) is 4.90 Å². The lowest BCUT2D eigenvalue weighted by Crippen LogP contribution is -2.36. The van der Waals surface area contributed by atoms with Gasteiger partial charge in [0, 0.05) is 19.3 Å². The maximum atomic E-state index is 11.9. The number of benzene rings is 1. The molecule has 1 aromatic carbocycles. The second kappa shape index (κ2) is 8.53. The van der Waals surface area contributed by atoms with Gasteiger partial charge < -0.3 is 10.2 Å². The number of amides is 2. The van der Waals surface area contributed by atoms with Gasteiger partial charge in [0.2, 0.25) is 11.8 Å². The van der Waals surface area contributed by atoms with Gasteiger partial charge in [-0.3, -0.25) is 9.59 Å². The highest BCUT2D eigenvalue weighted by Crippen LogP contribution is 2.05. The Bertz CT molecular complexity index is 599. The molecule has 6 nitrogen and oxygen atoms in total. The number of nitrogens with zero attached hydrogens (tertiary/aromatic N) is 1. The molecule has 2 amide bonds. The van der Waals surface area contributed by atoms with Gasteiger partial charge in [-0.2, -0.15) is 0 Å². The van der Waals surface area contributed by atoms with Crippen molar-refractivity contribution in [2.24, 2.45) is 0 Å². The number of nitrogens with one attached hydrogen (secondary N) is 1. The molecule has 122 valence electrons. The summed E-state index contributed by atoms with van der Waals surface area (Å²) in [6, 6.07) is 8.58. The summed E-state index contributed by atoms with van der Waals surface area (Å²) in [4.78, 5) is 24.9. The zero-order valence-electron chi connectivity index (χ0n) is 12.9. The van der Waals surface area contributed by atoms with Crippen LogP contribution in [-0.4, -0.2) is 50.2 Å². The summed E-state index contributed by atoms with van der Waals surface area (Å²) in [7, 11) is -2.21. The normalized spacial score (nSPS) is 11.0. The number of rotatable bonds is 8. The van der Waals surface area contributed by atoms with E-state index in [-0.39, 0.29) is 0 Å². The van der Waals surface area contributed by atoms with E-state index in [9.17, 15) is 18.0 Å². The van der Waals surface area contributed by atoms with Crippen molar-refractivity contribution < 1.29 is 18.0 Å². The second-order valence-corrected chi connectivity index (χ2v) is 7.18. The number of hydrogen-bond donors (Lipinski definition) is 1. The standard InChI is InChI=1S/C15H22N2O4S/c1-3-4-10-17(2)15(19)12-22(20,21)11-14(18)16-13-8-6-5-7-9-13/h5-9H,3-4,10-12H2,1-2H3,(H,16,18). The highest BCUT2D eigenvalue weighted by molar-refractivity contribution is 7.92. The van der Waals surface area contributed by atoms with E-state index in [1.807, 2.05) is 6.92 Å². The van der Waals surface area contributed by atoms with Crippen molar-refractivity contribution in [1.29, 1.82) is 0 Å². The lowest BCUT2D eigenvalue weighted by atomic mass is 10.3. The van der Waals surface area contributed by atoms with E-state index in [2.05, 4.69) is 5.32 Å². The van der Waals surface area contributed by atoms with Crippen LogP contribution >= 0.6 is 0 Å². The summed E-state index contributed by atoms with van der Waals surface area (Å²) in [5.74, 6) is -2.47. The number of carbonyl (C=O) groups is 2. The highest BCUT2D eigenvalue weighted by atomic mass is 32.2. The number of carbonyl (C=O) groups excluding carboxylic acids is 2. The summed E-state index contributed by atoms with van der Waals surface area (Å²) < 4.78 is 23.8. The third-order valence-corrected chi connectivity index (χ3v) is 4.41. The largest absolute Gasteiger partial charge is 0.345 e. The van der Waals surface area contributed by atoms with E-state index in [1.54, 1.807) is 37.4 Å². The number of anilines is 1. The first-order chi connectivity index (χ1) is 10.3. The van der Waals surface area contributed by atoms with Crippen LogP contribution in [0, 0.1) is 0 Å². The number of hydrogen-bond acceptors (Lipinski definition) is 4. The maximum Gasteiger partial charge on any atom is 0.239 e. The molecule has 0 aliphatic heterocycles. The van der Waals surface area contributed by atoms with Gasteiger partial charge in [0.05, 0.1) is 0 Å². The van der Waals surface area contributed by atoms with Gasteiger partial charge >= 0.3 is 0 Å². The summed E-state index contributed by atoms with van der Waals surface area (Å²) in [5, 5.41) is 2.49. The Balaban J connectivity index is 2.52. The van der Waals surface area contributed by atoms with Crippen LogP contribution in [0.1, 0.15) is 19.8 Å². The molecule has 1 N–H and O–H groups in total. The van der Waals surface area contributed by atoms with Gasteiger partial charge in [-0.05, 0) is 18.6 Å². The molecule has 0 aliphatic carbocycles. The second-order valence-electron chi connectivity index (χ2n) is 5.12. The van der Waals surface area contributed by atoms with E-state index >= 15 is 0 Å². The van der Waals surface area contributed by atoms with Crippen LogP contribution in [-0.2, 0) is 19.4 Å². The van der Waals surface area contributed by atoms with Crippen molar-refractivity contribution in [1.82, 2.24) is 4.90 Å². The van der Waals surface area contributed by atoms with Gasteiger partial charge in [-0.25, -0.2) is 8.42 Å². The van der Waals surface area contributed by atoms with E-state index in [4.69, 9.17) is 0 Å². The molecule has 0 heterocycles. The SMILES string of the molecule is CCCCN(C)C(=O)CS(=O)(=O)CC(=O)Nc1ccccc1. The molecule has 0 aliphatic rings. The minimum Gasteiger partial charge on any atom is -0.345 e. The van der Waals surface area contributed by atoms with E-state index in [0.717, 1.165) is 12.8 Å². The molecule has 0 saturated carbocycles. The molecular formula is C15H22N2O4S. The van der Waals surface area contributed by atoms with Crippen molar-refractivity contribution in [3.8, 4) is 0 Å². The average Bonchev–Trinajstić information content (AvgIpc) is 2.44. The van der Waals surface area contributed by atoms with Crippen molar-refractivity contribution >= 4 is 27.3 Å². The Morgan fingerprint density at radius 2 is 1.77 bits per heavy atom. The summed E-state index contributed by atoms with van der Waals surface area (Å²) >= 11 is 0. The molecule has 0 atom stereocenters. The van der Waals surface area contributed by atoms with Crippen molar-refractivity contribution in [3.05, 3.63) is 30.3 Å². The van der Waals surface area contributed by atoms with Gasteiger partial charge in [-0.15, -0.1) is 0 Å². The first-order valence-corrected chi connectivity index (χ1v) is 8.95. The van der Waals surface area contributed by atoms with Crippen LogP contribution in [0.3, 0.4) is 0 Å². The fourth-order valence-electron chi connectivity index (χ4n) is 1.79. The maximum absolute atomic E-state index is 11.9. The predicted octanol–water partition coefficient (Wildman–Crippen LogP) is 1.30. The minimum atomic E-state index is -3.77. The van der Waals surface area contributed by atoms with Crippen LogP contribution in [0.15, 0.2) is 30.3 Å². The number of sulfone groups is 1. The molecule has 0 spiro atoms. The first kappa shape index (κ1) is 18.2. The van der Waals surface area contributed by atoms with Crippen molar-refractivity contribution in [3.63, 3.8) is 0 Å². The van der Waals surface area contributed by atoms with Gasteiger partial charge in [-0.1, -0.05) is 31.5 Å². The van der Waals surface area contributed by atoms with E-state index < -0.39 is 33.2 Å². The van der Waals surface area contributed by atoms with Crippen LogP contribution in [0.2, 0.25) is 0 Å². The van der Waals surface area contributed by atoms with Crippen LogP contribution < -0.4 is 5.32 Å². The monoisotopic (exact) mass is 326 g/mol. The smallest absolute Gasteiger partial charge is 0.239 e. The fourth-order valence-corrected chi connectivity index (χ4v) is 2.96. The highest BCUT2D eigenvalue weighted by Gasteiger charge is 2.22. The third-order valence-electron chi connectivity index (χ3n) is 3.02. The molecule has 1 rings (SSSR count). The molecule has 7 heteroatoms. The molecule has 0 fully saturated rings. The molecular weight excluding hydrogens is 304 g/mol. The minimum absolute atomic E-state index is 0.485. The van der Waals surface area contributed by atoms with Gasteiger partial charge in [0.15, 0.2) is 9.84 Å². The molecule has 0 saturated heterocycles. The molecule has 0 aromatic heterocycles. The molecule has 0 bridgehead atoms. The van der Waals surface area contributed by atoms with Crippen molar-refractivity contribution in [2.75, 3.05) is 30.4 Å². The lowest BCUT2D eigenvalue weighted by molar-refractivity contribution is -0.127. The fraction of sp³-hybridized carbons (Fsp3) is 0.467. The zero-order valence-corrected chi connectivity index (χ0v) is 13.7. The Kier molecular flexibility index (Phi) is 7.04. The summed E-state index contributed by atoms with van der Waals surface area (Å²) in [6.45, 7) is 2.50. The topological polar surface area (TPSA) is 83.6 Å². The van der Waals surface area contributed by atoms with Gasteiger partial charge in [0.25, 0.3) is 0 Å². The summed E-state index contributed by atoms with van der Waals surface area (Å²) in [6.07, 6.45) is 1.74. The Labute approximate surface area is 131 Å². The lowest BCUT2D eigenvalue weighted by Gasteiger charge is -2.16. The Morgan fingerprint density at radius 1 is 1.14 bits per heavy atom. The summed E-state index contributed by atoms with van der Waals surface area (Å²) in [5.41, 5.74) is 0.522. The van der Waals surface area contributed by atoms with E-state index in [0.29, 0.717) is 12.2 Å². The quantitative estimate of drug-likeness (QED) is 0.780. The van der Waals surface area contributed by atoms with Gasteiger partial charge in [0.1, 0.15) is 11.5 Å². The Hall–Kier alpha value is -1.89. The van der Waals surface area contributed by atoms with Crippen LogP contribution in [0.5, 0.6) is 0 Å². The van der Waals surface area contributed by atoms with Crippen molar-refractivity contribution in [2.45, 2.75) is 19.8 Å². The molecule has 1 aromatic rings. The average molecular weight is 326 g/mol.